The van der Waals surface area contributed by atoms with Crippen LogP contribution in [0.2, 0.25) is 5.02 Å². The predicted molar refractivity (Wildman–Crippen MR) is 117 cm³/mol. The normalized spacial score (nSPS) is 19.7. The molecule has 2 aromatic rings. The van der Waals surface area contributed by atoms with Gasteiger partial charge in [-0.3, -0.25) is 14.6 Å². The van der Waals surface area contributed by atoms with Gasteiger partial charge in [-0.1, -0.05) is 42.8 Å². The Morgan fingerprint density at radius 2 is 2.00 bits per heavy atom. The second kappa shape index (κ2) is 9.45. The fraction of sp³-hybridized carbons (Fsp3) is 0.304. The molecule has 1 fully saturated rings. The summed E-state index contributed by atoms with van der Waals surface area (Å²) in [7, 11) is 0. The van der Waals surface area contributed by atoms with Gasteiger partial charge in [-0.25, -0.2) is 8.78 Å². The van der Waals surface area contributed by atoms with E-state index in [1.54, 1.807) is 31.2 Å². The predicted octanol–water partition coefficient (Wildman–Crippen LogP) is 4.18. The van der Waals surface area contributed by atoms with Gasteiger partial charge in [0.05, 0.1) is 19.2 Å². The molecular formula is C23H21ClF2N4O2. The summed E-state index contributed by atoms with van der Waals surface area (Å²) in [5, 5.41) is 12.5. The van der Waals surface area contributed by atoms with Crippen molar-refractivity contribution in [3.8, 4) is 6.07 Å². The maximum absolute atomic E-state index is 13.9. The number of carbonyl (C=O) groups excluding carboxylic acids is 2. The molecule has 0 aliphatic carbocycles. The molecule has 2 amide bonds. The number of hydrogen-bond donors (Lipinski definition) is 1. The van der Waals surface area contributed by atoms with E-state index in [2.05, 4.69) is 10.3 Å². The highest BCUT2D eigenvalue weighted by Gasteiger charge is 2.56. The maximum Gasteiger partial charge on any atom is 0.268 e. The number of halogens is 3. The van der Waals surface area contributed by atoms with Crippen LogP contribution in [0.4, 0.5) is 8.78 Å². The number of benzene rings is 1. The number of carbonyl (C=O) groups is 2. The van der Waals surface area contributed by atoms with Crippen molar-refractivity contribution >= 4 is 35.6 Å². The summed E-state index contributed by atoms with van der Waals surface area (Å²) in [5.74, 6) is -4.43. The Bertz CT molecular complexity index is 1080. The lowest BCUT2D eigenvalue weighted by atomic mass is 9.94. The van der Waals surface area contributed by atoms with Crippen LogP contribution in [0.1, 0.15) is 41.3 Å². The monoisotopic (exact) mass is 458 g/mol. The Morgan fingerprint density at radius 3 is 2.66 bits per heavy atom. The maximum atomic E-state index is 13.9. The number of amides is 2. The lowest BCUT2D eigenvalue weighted by Gasteiger charge is -2.30. The van der Waals surface area contributed by atoms with Crippen molar-refractivity contribution in [3.05, 3.63) is 64.4 Å². The van der Waals surface area contributed by atoms with Crippen molar-refractivity contribution in [2.24, 2.45) is 0 Å². The topological polar surface area (TPSA) is 86.1 Å². The van der Waals surface area contributed by atoms with Crippen LogP contribution in [-0.4, -0.2) is 46.2 Å². The van der Waals surface area contributed by atoms with E-state index < -0.39 is 42.8 Å². The molecule has 32 heavy (non-hydrogen) atoms. The molecule has 0 radical (unpaired) electrons. The summed E-state index contributed by atoms with van der Waals surface area (Å²) in [6.45, 7) is 0.244. The first-order chi connectivity index (χ1) is 15.2. The number of nitrogens with zero attached hydrogens (tertiary/aromatic N) is 3. The van der Waals surface area contributed by atoms with Crippen LogP contribution in [0.3, 0.4) is 0 Å². The summed E-state index contributed by atoms with van der Waals surface area (Å²) < 4.78 is 27.9. The molecule has 0 unspecified atom stereocenters. The van der Waals surface area contributed by atoms with Crippen molar-refractivity contribution in [2.45, 2.75) is 31.2 Å². The third-order valence-electron chi connectivity index (χ3n) is 5.37. The van der Waals surface area contributed by atoms with Crippen molar-refractivity contribution in [3.63, 3.8) is 0 Å². The van der Waals surface area contributed by atoms with Gasteiger partial charge in [0.1, 0.15) is 5.54 Å². The third kappa shape index (κ3) is 5.11. The fourth-order valence-corrected chi connectivity index (χ4v) is 3.76. The van der Waals surface area contributed by atoms with Gasteiger partial charge in [0.2, 0.25) is 5.91 Å². The van der Waals surface area contributed by atoms with Crippen molar-refractivity contribution in [1.82, 2.24) is 15.2 Å². The molecule has 0 saturated carbocycles. The van der Waals surface area contributed by atoms with E-state index in [9.17, 15) is 23.6 Å². The number of rotatable bonds is 6. The standard InChI is InChI=1S/C23H21ClF2N4O2/c1-2-22(14-27)13-23(25,26)15-30(22)20(31)12-29-21(32)19-9-10-28-11-17(19)6-3-16-4-7-18(24)8-5-16/h3-11H,2,12-13,15H2,1H3,(H,29,32)/b6-3+/t22-/m0/s1. The van der Waals surface area contributed by atoms with E-state index in [1.807, 2.05) is 18.2 Å². The zero-order valence-corrected chi connectivity index (χ0v) is 18.1. The highest BCUT2D eigenvalue weighted by atomic mass is 35.5. The molecular weight excluding hydrogens is 438 g/mol. The van der Waals surface area contributed by atoms with E-state index in [-0.39, 0.29) is 12.0 Å². The largest absolute Gasteiger partial charge is 0.343 e. The second-order valence-corrected chi connectivity index (χ2v) is 7.98. The van der Waals surface area contributed by atoms with Crippen LogP contribution >= 0.6 is 11.6 Å². The van der Waals surface area contributed by atoms with Gasteiger partial charge >= 0.3 is 0 Å². The van der Waals surface area contributed by atoms with Gasteiger partial charge in [-0.2, -0.15) is 5.26 Å². The Balaban J connectivity index is 1.71. The molecule has 3 rings (SSSR count). The van der Waals surface area contributed by atoms with E-state index in [1.165, 1.54) is 18.5 Å². The number of aromatic nitrogens is 1. The Labute approximate surface area is 189 Å². The number of alkyl halides is 2. The van der Waals surface area contributed by atoms with Gasteiger partial charge in [-0.15, -0.1) is 0 Å². The third-order valence-corrected chi connectivity index (χ3v) is 5.63. The van der Waals surface area contributed by atoms with Crippen molar-refractivity contribution in [2.75, 3.05) is 13.1 Å². The van der Waals surface area contributed by atoms with Gasteiger partial charge in [0, 0.05) is 35.0 Å². The van der Waals surface area contributed by atoms with Crippen LogP contribution in [0.25, 0.3) is 12.2 Å². The summed E-state index contributed by atoms with van der Waals surface area (Å²) >= 11 is 5.88. The van der Waals surface area contributed by atoms with Gasteiger partial charge in [0.15, 0.2) is 0 Å². The van der Waals surface area contributed by atoms with Gasteiger partial charge in [0.25, 0.3) is 11.8 Å². The van der Waals surface area contributed by atoms with Crippen LogP contribution in [-0.2, 0) is 4.79 Å². The van der Waals surface area contributed by atoms with Crippen LogP contribution in [0.5, 0.6) is 0 Å². The summed E-state index contributed by atoms with van der Waals surface area (Å²) in [4.78, 5) is 30.2. The molecule has 1 atom stereocenters. The molecule has 1 aliphatic rings. The highest BCUT2D eigenvalue weighted by molar-refractivity contribution is 6.30. The van der Waals surface area contributed by atoms with Crippen molar-refractivity contribution in [1.29, 1.82) is 5.26 Å². The van der Waals surface area contributed by atoms with E-state index in [4.69, 9.17) is 11.6 Å². The molecule has 166 valence electrons. The minimum atomic E-state index is -3.14. The molecule has 9 heteroatoms. The molecule has 0 spiro atoms. The molecule has 2 heterocycles. The first-order valence-corrected chi connectivity index (χ1v) is 10.3. The fourth-order valence-electron chi connectivity index (χ4n) is 3.64. The Kier molecular flexibility index (Phi) is 6.90. The Hall–Kier alpha value is -3.31. The smallest absolute Gasteiger partial charge is 0.268 e. The molecule has 1 aromatic heterocycles. The molecule has 1 saturated heterocycles. The summed E-state index contributed by atoms with van der Waals surface area (Å²) in [6.07, 6.45) is 5.78. The zero-order valence-electron chi connectivity index (χ0n) is 17.3. The second-order valence-electron chi connectivity index (χ2n) is 7.54. The Morgan fingerprint density at radius 1 is 1.28 bits per heavy atom. The number of nitriles is 1. The lowest BCUT2D eigenvalue weighted by molar-refractivity contribution is -0.133. The number of likely N-dealkylation sites (tertiary alicyclic amines) is 1. The van der Waals surface area contributed by atoms with Crippen LogP contribution in [0, 0.1) is 11.3 Å². The minimum Gasteiger partial charge on any atom is -0.343 e. The van der Waals surface area contributed by atoms with Crippen LogP contribution in [0.15, 0.2) is 42.7 Å². The quantitative estimate of drug-likeness (QED) is 0.703. The van der Waals surface area contributed by atoms with Gasteiger partial charge in [-0.05, 0) is 30.2 Å². The van der Waals surface area contributed by atoms with E-state index in [0.717, 1.165) is 10.5 Å². The van der Waals surface area contributed by atoms with Crippen molar-refractivity contribution < 1.29 is 18.4 Å². The number of nitrogens with one attached hydrogen (secondary N) is 1. The summed E-state index contributed by atoms with van der Waals surface area (Å²) in [5.41, 5.74) is 0.0723. The van der Waals surface area contributed by atoms with E-state index in [0.29, 0.717) is 10.6 Å². The van der Waals surface area contributed by atoms with Gasteiger partial charge < -0.3 is 10.2 Å². The molecule has 1 aliphatic heterocycles. The first-order valence-electron chi connectivity index (χ1n) is 9.95. The molecule has 1 aromatic carbocycles. The molecule has 1 N–H and O–H groups in total. The van der Waals surface area contributed by atoms with E-state index >= 15 is 0 Å². The molecule has 6 nitrogen and oxygen atoms in total. The lowest BCUT2D eigenvalue weighted by Crippen LogP contribution is -2.49. The average Bonchev–Trinajstić information content (AvgIpc) is 3.08. The molecule has 0 bridgehead atoms. The SMILES string of the molecule is CC[C@@]1(C#N)CC(F)(F)CN1C(=O)CNC(=O)c1ccncc1/C=C/c1ccc(Cl)cc1. The van der Waals surface area contributed by atoms with Crippen LogP contribution < -0.4 is 5.32 Å². The zero-order chi connectivity index (χ0) is 23.4. The highest BCUT2D eigenvalue weighted by Crippen LogP contribution is 2.41. The summed E-state index contributed by atoms with van der Waals surface area (Å²) in [6, 6.07) is 10.5. The average molecular weight is 459 g/mol. The minimum absolute atomic E-state index is 0.0722. The number of hydrogen-bond acceptors (Lipinski definition) is 4. The number of pyridine rings is 1. The first kappa shape index (κ1) is 23.4.